The van der Waals surface area contributed by atoms with Gasteiger partial charge in [0.1, 0.15) is 17.4 Å². The lowest BCUT2D eigenvalue weighted by Gasteiger charge is -2.15. The molecule has 1 aliphatic carbocycles. The number of rotatable bonds is 10. The third-order valence-corrected chi connectivity index (χ3v) is 5.65. The van der Waals surface area contributed by atoms with Crippen LogP contribution in [0.4, 0.5) is 0 Å². The number of pyridine rings is 1. The van der Waals surface area contributed by atoms with E-state index in [-0.39, 0.29) is 17.5 Å². The zero-order valence-corrected chi connectivity index (χ0v) is 17.6. The molecule has 0 spiro atoms. The molecule has 1 aliphatic rings. The van der Waals surface area contributed by atoms with Gasteiger partial charge in [0.05, 0.1) is 0 Å². The molecule has 29 heavy (non-hydrogen) atoms. The van der Waals surface area contributed by atoms with E-state index in [2.05, 4.69) is 22.1 Å². The quantitative estimate of drug-likeness (QED) is 0.556. The zero-order chi connectivity index (χ0) is 20.6. The Morgan fingerprint density at radius 2 is 1.79 bits per heavy atom. The lowest BCUT2D eigenvalue weighted by atomic mass is 9.90. The minimum Gasteiger partial charge on any atom is -0.300 e. The van der Waals surface area contributed by atoms with Crippen molar-refractivity contribution in [1.29, 1.82) is 0 Å². The van der Waals surface area contributed by atoms with Crippen LogP contribution < -0.4 is 0 Å². The first kappa shape index (κ1) is 21.3. The summed E-state index contributed by atoms with van der Waals surface area (Å²) in [7, 11) is 0. The Hall–Kier alpha value is -2.43. The summed E-state index contributed by atoms with van der Waals surface area (Å²) in [6.45, 7) is 3.39. The van der Waals surface area contributed by atoms with Gasteiger partial charge >= 0.3 is 0 Å². The fourth-order valence-corrected chi connectivity index (χ4v) is 4.04. The van der Waals surface area contributed by atoms with Crippen LogP contribution >= 0.6 is 0 Å². The molecule has 0 saturated heterocycles. The van der Waals surface area contributed by atoms with E-state index in [1.165, 1.54) is 24.1 Å². The molecule has 3 rings (SSSR count). The average molecular weight is 394 g/mol. The molecule has 0 radical (unpaired) electrons. The van der Waals surface area contributed by atoms with Crippen LogP contribution in [-0.4, -0.2) is 26.5 Å². The monoisotopic (exact) mass is 393 g/mol. The standard InChI is InChI=1S/C24H31N3O2/c1-17(28)13-20(21-15-25-18(2)26-16-21)14-23(29)9-5-4-8-22-12-11-19-7-3-6-10-24(19)27-22/h11-12,15-16,20H,3-10,13-14H2,1-2H3/t20-/m1/s1. The van der Waals surface area contributed by atoms with Gasteiger partial charge in [-0.2, -0.15) is 0 Å². The highest BCUT2D eigenvalue weighted by Crippen LogP contribution is 2.24. The van der Waals surface area contributed by atoms with Crippen molar-refractivity contribution in [2.75, 3.05) is 0 Å². The molecule has 2 heterocycles. The predicted molar refractivity (Wildman–Crippen MR) is 113 cm³/mol. The number of hydrogen-bond donors (Lipinski definition) is 0. The van der Waals surface area contributed by atoms with Crippen molar-refractivity contribution >= 4 is 11.6 Å². The Labute approximate surface area is 173 Å². The summed E-state index contributed by atoms with van der Waals surface area (Å²) in [6, 6.07) is 4.38. The highest BCUT2D eigenvalue weighted by atomic mass is 16.1. The first-order valence-corrected chi connectivity index (χ1v) is 10.8. The van der Waals surface area contributed by atoms with Gasteiger partial charge in [0.25, 0.3) is 0 Å². The Morgan fingerprint density at radius 3 is 2.55 bits per heavy atom. The second kappa shape index (κ2) is 10.4. The highest BCUT2D eigenvalue weighted by molar-refractivity contribution is 5.81. The Bertz CT molecular complexity index is 846. The van der Waals surface area contributed by atoms with E-state index in [1.807, 2.05) is 6.92 Å². The number of nitrogens with zero attached hydrogens (tertiary/aromatic N) is 3. The summed E-state index contributed by atoms with van der Waals surface area (Å²) in [5, 5.41) is 0. The van der Waals surface area contributed by atoms with Crippen molar-refractivity contribution in [2.24, 2.45) is 0 Å². The molecule has 0 N–H and O–H groups in total. The molecule has 5 nitrogen and oxygen atoms in total. The van der Waals surface area contributed by atoms with Gasteiger partial charge in [-0.3, -0.25) is 9.78 Å². The van der Waals surface area contributed by atoms with E-state index < -0.39 is 0 Å². The fourth-order valence-electron chi connectivity index (χ4n) is 4.04. The molecule has 0 fully saturated rings. The van der Waals surface area contributed by atoms with Crippen molar-refractivity contribution < 1.29 is 9.59 Å². The molecule has 0 saturated carbocycles. The van der Waals surface area contributed by atoms with Crippen molar-refractivity contribution in [1.82, 2.24) is 15.0 Å². The Morgan fingerprint density at radius 1 is 1.03 bits per heavy atom. The minimum atomic E-state index is -0.122. The van der Waals surface area contributed by atoms with Crippen LogP contribution in [-0.2, 0) is 28.9 Å². The lowest BCUT2D eigenvalue weighted by molar-refractivity contribution is -0.120. The number of aryl methyl sites for hydroxylation is 4. The van der Waals surface area contributed by atoms with Crippen LogP contribution in [0.2, 0.25) is 0 Å². The van der Waals surface area contributed by atoms with Crippen molar-refractivity contribution in [2.45, 2.75) is 84.0 Å². The normalized spacial score (nSPS) is 14.3. The molecule has 2 aromatic heterocycles. The van der Waals surface area contributed by atoms with Gasteiger partial charge in [-0.1, -0.05) is 6.07 Å². The Kier molecular flexibility index (Phi) is 7.62. The summed E-state index contributed by atoms with van der Waals surface area (Å²) in [5.74, 6) is 0.859. The average Bonchev–Trinajstić information content (AvgIpc) is 2.71. The second-order valence-corrected chi connectivity index (χ2v) is 8.23. The number of carbonyl (C=O) groups excluding carboxylic acids is 2. The summed E-state index contributed by atoms with van der Waals surface area (Å²) >= 11 is 0. The van der Waals surface area contributed by atoms with Crippen LogP contribution in [0.15, 0.2) is 24.5 Å². The molecular formula is C24H31N3O2. The summed E-state index contributed by atoms with van der Waals surface area (Å²) in [6.07, 6.45) is 12.3. The van der Waals surface area contributed by atoms with Crippen LogP contribution in [0.25, 0.3) is 0 Å². The van der Waals surface area contributed by atoms with E-state index in [9.17, 15) is 9.59 Å². The van der Waals surface area contributed by atoms with Crippen LogP contribution in [0, 0.1) is 6.92 Å². The molecule has 0 aliphatic heterocycles. The third-order valence-electron chi connectivity index (χ3n) is 5.65. The maximum absolute atomic E-state index is 12.5. The van der Waals surface area contributed by atoms with Crippen LogP contribution in [0.5, 0.6) is 0 Å². The number of hydrogen-bond acceptors (Lipinski definition) is 5. The van der Waals surface area contributed by atoms with E-state index in [1.54, 1.807) is 19.3 Å². The second-order valence-electron chi connectivity index (χ2n) is 8.23. The molecule has 5 heteroatoms. The van der Waals surface area contributed by atoms with Gasteiger partial charge in [0, 0.05) is 49.0 Å². The predicted octanol–water partition coefficient (Wildman–Crippen LogP) is 4.49. The summed E-state index contributed by atoms with van der Waals surface area (Å²) in [5.41, 5.74) is 4.70. The number of aromatic nitrogens is 3. The first-order chi connectivity index (χ1) is 14.0. The van der Waals surface area contributed by atoms with Gasteiger partial charge < -0.3 is 4.79 Å². The van der Waals surface area contributed by atoms with E-state index >= 15 is 0 Å². The number of Topliss-reactive ketones (excluding diaryl/α,β-unsaturated/α-hetero) is 2. The fraction of sp³-hybridized carbons (Fsp3) is 0.542. The van der Waals surface area contributed by atoms with Gasteiger partial charge in [-0.25, -0.2) is 9.97 Å². The summed E-state index contributed by atoms with van der Waals surface area (Å²) < 4.78 is 0. The summed E-state index contributed by atoms with van der Waals surface area (Å²) in [4.78, 5) is 37.4. The molecule has 0 bridgehead atoms. The smallest absolute Gasteiger partial charge is 0.133 e. The minimum absolute atomic E-state index is 0.0851. The number of ketones is 2. The molecule has 1 atom stereocenters. The number of unbranched alkanes of at least 4 members (excludes halogenated alkanes) is 1. The molecule has 0 unspecified atom stereocenters. The molecule has 0 amide bonds. The van der Waals surface area contributed by atoms with E-state index in [0.717, 1.165) is 43.4 Å². The molecule has 154 valence electrons. The SMILES string of the molecule is CC(=O)C[C@H](CC(=O)CCCCc1ccc2c(n1)CCCC2)c1cnc(C)nc1. The van der Waals surface area contributed by atoms with Crippen molar-refractivity contribution in [3.8, 4) is 0 Å². The van der Waals surface area contributed by atoms with Gasteiger partial charge in [0.15, 0.2) is 0 Å². The molecule has 0 aromatic carbocycles. The van der Waals surface area contributed by atoms with Gasteiger partial charge in [-0.05, 0) is 76.0 Å². The van der Waals surface area contributed by atoms with E-state index in [0.29, 0.717) is 25.1 Å². The van der Waals surface area contributed by atoms with Crippen LogP contribution in [0.1, 0.15) is 86.1 Å². The largest absolute Gasteiger partial charge is 0.300 e. The first-order valence-electron chi connectivity index (χ1n) is 10.8. The van der Waals surface area contributed by atoms with Gasteiger partial charge in [0.2, 0.25) is 0 Å². The van der Waals surface area contributed by atoms with Crippen LogP contribution in [0.3, 0.4) is 0 Å². The highest BCUT2D eigenvalue weighted by Gasteiger charge is 2.19. The maximum Gasteiger partial charge on any atom is 0.133 e. The van der Waals surface area contributed by atoms with E-state index in [4.69, 9.17) is 4.98 Å². The molecular weight excluding hydrogens is 362 g/mol. The topological polar surface area (TPSA) is 72.8 Å². The van der Waals surface area contributed by atoms with Gasteiger partial charge in [-0.15, -0.1) is 0 Å². The number of fused-ring (bicyclic) bond motifs is 1. The maximum atomic E-state index is 12.5. The third kappa shape index (κ3) is 6.55. The van der Waals surface area contributed by atoms with Crippen molar-refractivity contribution in [3.63, 3.8) is 0 Å². The number of carbonyl (C=O) groups is 2. The Balaban J connectivity index is 1.46. The van der Waals surface area contributed by atoms with Crippen molar-refractivity contribution in [3.05, 3.63) is 52.9 Å². The lowest BCUT2D eigenvalue weighted by Crippen LogP contribution is -2.11. The molecule has 2 aromatic rings. The zero-order valence-electron chi connectivity index (χ0n) is 17.6.